The fourth-order valence-electron chi connectivity index (χ4n) is 1.16. The lowest BCUT2D eigenvalue weighted by atomic mass is 10.4. The quantitative estimate of drug-likeness (QED) is 0.535. The Morgan fingerprint density at radius 1 is 1.57 bits per heavy atom. The zero-order valence-corrected chi connectivity index (χ0v) is 8.58. The highest BCUT2D eigenvalue weighted by Crippen LogP contribution is 2.05. The van der Waals surface area contributed by atoms with Crippen LogP contribution in [0.1, 0.15) is 17.9 Å². The summed E-state index contributed by atoms with van der Waals surface area (Å²) >= 11 is 0. The van der Waals surface area contributed by atoms with Crippen molar-refractivity contribution in [1.82, 2.24) is 5.32 Å². The van der Waals surface area contributed by atoms with Crippen molar-refractivity contribution in [2.24, 2.45) is 0 Å². The molecule has 0 aliphatic heterocycles. The van der Waals surface area contributed by atoms with Crippen molar-refractivity contribution >= 4 is 0 Å². The molecule has 3 heteroatoms. The first-order chi connectivity index (χ1) is 6.83. The van der Waals surface area contributed by atoms with E-state index in [0.717, 1.165) is 31.0 Å². The summed E-state index contributed by atoms with van der Waals surface area (Å²) < 4.78 is 10.4. The fraction of sp³-hybridized carbons (Fsp3) is 0.455. The molecule has 0 amide bonds. The Morgan fingerprint density at radius 3 is 3.07 bits per heavy atom. The third-order valence-electron chi connectivity index (χ3n) is 1.83. The van der Waals surface area contributed by atoms with Gasteiger partial charge in [-0.15, -0.1) is 0 Å². The summed E-state index contributed by atoms with van der Waals surface area (Å²) in [6, 6.07) is 3.96. The zero-order valence-electron chi connectivity index (χ0n) is 8.58. The average molecular weight is 195 g/mol. The Labute approximate surface area is 84.8 Å². The minimum atomic E-state index is 0.716. The molecule has 0 atom stereocenters. The summed E-state index contributed by atoms with van der Waals surface area (Å²) in [4.78, 5) is 0. The van der Waals surface area contributed by atoms with E-state index >= 15 is 0 Å². The average Bonchev–Trinajstić information content (AvgIpc) is 2.58. The first-order valence-corrected chi connectivity index (χ1v) is 4.81. The Kier molecular flexibility index (Phi) is 4.86. The lowest BCUT2D eigenvalue weighted by molar-refractivity contribution is 0.244. The van der Waals surface area contributed by atoms with Gasteiger partial charge >= 0.3 is 0 Å². The van der Waals surface area contributed by atoms with Crippen LogP contribution in [0.15, 0.2) is 29.4 Å². The van der Waals surface area contributed by atoms with E-state index in [1.165, 1.54) is 6.26 Å². The van der Waals surface area contributed by atoms with Crippen molar-refractivity contribution in [3.05, 3.63) is 36.5 Å². The van der Waals surface area contributed by atoms with Crippen molar-refractivity contribution in [3.63, 3.8) is 0 Å². The molecule has 1 aromatic rings. The number of hydrogen-bond donors (Lipinski definition) is 1. The number of hydrogen-bond acceptors (Lipinski definition) is 3. The standard InChI is InChI=1S/C11H17NO2/c1-3-13-8-4-7-12-9-11-6-5-10(2)14-11/h3,5-6,12H,1,4,7-9H2,2H3. The van der Waals surface area contributed by atoms with Gasteiger partial charge in [0.05, 0.1) is 19.4 Å². The molecule has 1 aromatic heterocycles. The smallest absolute Gasteiger partial charge is 0.117 e. The third-order valence-corrected chi connectivity index (χ3v) is 1.83. The number of ether oxygens (including phenoxy) is 1. The summed E-state index contributed by atoms with van der Waals surface area (Å²) in [5, 5.41) is 3.27. The molecule has 0 unspecified atom stereocenters. The highest BCUT2D eigenvalue weighted by molar-refractivity contribution is 5.04. The Balaban J connectivity index is 2.01. The molecule has 0 bridgehead atoms. The Bertz CT molecular complexity index is 268. The van der Waals surface area contributed by atoms with Crippen molar-refractivity contribution in [2.45, 2.75) is 19.9 Å². The van der Waals surface area contributed by atoms with Gasteiger partial charge in [-0.25, -0.2) is 0 Å². The maximum Gasteiger partial charge on any atom is 0.117 e. The van der Waals surface area contributed by atoms with Crippen LogP contribution in [0.2, 0.25) is 0 Å². The largest absolute Gasteiger partial charge is 0.502 e. The molecule has 78 valence electrons. The Morgan fingerprint density at radius 2 is 2.43 bits per heavy atom. The second-order valence-electron chi connectivity index (χ2n) is 3.08. The lowest BCUT2D eigenvalue weighted by Gasteiger charge is -2.02. The molecule has 0 radical (unpaired) electrons. The van der Waals surface area contributed by atoms with E-state index in [1.807, 2.05) is 19.1 Å². The fourth-order valence-corrected chi connectivity index (χ4v) is 1.16. The van der Waals surface area contributed by atoms with Crippen LogP contribution in [0.5, 0.6) is 0 Å². The molecule has 0 aromatic carbocycles. The second-order valence-corrected chi connectivity index (χ2v) is 3.08. The minimum absolute atomic E-state index is 0.716. The van der Waals surface area contributed by atoms with Crippen molar-refractivity contribution in [2.75, 3.05) is 13.2 Å². The van der Waals surface area contributed by atoms with Crippen LogP contribution in [-0.4, -0.2) is 13.2 Å². The van der Waals surface area contributed by atoms with Gasteiger partial charge in [0.1, 0.15) is 11.5 Å². The van der Waals surface area contributed by atoms with Crippen LogP contribution in [0.4, 0.5) is 0 Å². The van der Waals surface area contributed by atoms with E-state index in [2.05, 4.69) is 11.9 Å². The number of rotatable bonds is 7. The molecule has 0 aliphatic rings. The van der Waals surface area contributed by atoms with Crippen LogP contribution in [-0.2, 0) is 11.3 Å². The van der Waals surface area contributed by atoms with Gasteiger partial charge in [-0.1, -0.05) is 6.58 Å². The van der Waals surface area contributed by atoms with E-state index in [-0.39, 0.29) is 0 Å². The van der Waals surface area contributed by atoms with E-state index in [9.17, 15) is 0 Å². The molecule has 1 N–H and O–H groups in total. The SMILES string of the molecule is C=COCCCNCc1ccc(C)o1. The monoisotopic (exact) mass is 195 g/mol. The van der Waals surface area contributed by atoms with Gasteiger partial charge in [-0.05, 0) is 32.0 Å². The van der Waals surface area contributed by atoms with E-state index < -0.39 is 0 Å². The molecular weight excluding hydrogens is 178 g/mol. The van der Waals surface area contributed by atoms with Gasteiger partial charge in [0.15, 0.2) is 0 Å². The van der Waals surface area contributed by atoms with Gasteiger partial charge in [0, 0.05) is 0 Å². The van der Waals surface area contributed by atoms with E-state index in [1.54, 1.807) is 0 Å². The number of furan rings is 1. The predicted octanol–water partition coefficient (Wildman–Crippen LogP) is 2.23. The molecular formula is C11H17NO2. The van der Waals surface area contributed by atoms with Crippen LogP contribution in [0.3, 0.4) is 0 Å². The van der Waals surface area contributed by atoms with Gasteiger partial charge in [-0.3, -0.25) is 0 Å². The third kappa shape index (κ3) is 4.14. The molecule has 1 rings (SSSR count). The maximum absolute atomic E-state index is 5.40. The van der Waals surface area contributed by atoms with E-state index in [4.69, 9.17) is 9.15 Å². The van der Waals surface area contributed by atoms with Crippen molar-refractivity contribution in [3.8, 4) is 0 Å². The Hall–Kier alpha value is -1.22. The number of aryl methyl sites for hydroxylation is 1. The molecule has 14 heavy (non-hydrogen) atoms. The molecule has 0 spiro atoms. The highest BCUT2D eigenvalue weighted by atomic mass is 16.5. The van der Waals surface area contributed by atoms with Crippen LogP contribution in [0.25, 0.3) is 0 Å². The zero-order chi connectivity index (χ0) is 10.2. The summed E-state index contributed by atoms with van der Waals surface area (Å²) in [7, 11) is 0. The van der Waals surface area contributed by atoms with Gasteiger partial charge in [0.2, 0.25) is 0 Å². The molecule has 1 heterocycles. The van der Waals surface area contributed by atoms with Crippen molar-refractivity contribution in [1.29, 1.82) is 0 Å². The minimum Gasteiger partial charge on any atom is -0.502 e. The first-order valence-electron chi connectivity index (χ1n) is 4.81. The lowest BCUT2D eigenvalue weighted by Crippen LogP contribution is -2.15. The van der Waals surface area contributed by atoms with Crippen LogP contribution >= 0.6 is 0 Å². The number of nitrogens with one attached hydrogen (secondary N) is 1. The topological polar surface area (TPSA) is 34.4 Å². The molecule has 0 aliphatic carbocycles. The molecule has 0 saturated carbocycles. The summed E-state index contributed by atoms with van der Waals surface area (Å²) in [5.41, 5.74) is 0. The molecule has 3 nitrogen and oxygen atoms in total. The first kappa shape index (κ1) is 10.9. The molecule has 0 fully saturated rings. The second kappa shape index (κ2) is 6.27. The summed E-state index contributed by atoms with van der Waals surface area (Å²) in [6.07, 6.45) is 2.45. The predicted molar refractivity (Wildman–Crippen MR) is 55.9 cm³/mol. The highest BCUT2D eigenvalue weighted by Gasteiger charge is 1.96. The van der Waals surface area contributed by atoms with Gasteiger partial charge in [-0.2, -0.15) is 0 Å². The van der Waals surface area contributed by atoms with E-state index in [0.29, 0.717) is 6.61 Å². The van der Waals surface area contributed by atoms with Gasteiger partial charge < -0.3 is 14.5 Å². The van der Waals surface area contributed by atoms with Crippen LogP contribution < -0.4 is 5.32 Å². The summed E-state index contributed by atoms with van der Waals surface area (Å²) in [6.45, 7) is 7.84. The van der Waals surface area contributed by atoms with Crippen LogP contribution in [0, 0.1) is 6.92 Å². The normalized spacial score (nSPS) is 10.1. The summed E-state index contributed by atoms with van der Waals surface area (Å²) in [5.74, 6) is 1.93. The maximum atomic E-state index is 5.40. The van der Waals surface area contributed by atoms with Gasteiger partial charge in [0.25, 0.3) is 0 Å². The van der Waals surface area contributed by atoms with Crippen molar-refractivity contribution < 1.29 is 9.15 Å². The molecule has 0 saturated heterocycles.